The number of allylic oxidation sites excluding steroid dienone is 1. The molecule has 0 aliphatic heterocycles. The molecule has 0 bridgehead atoms. The Bertz CT molecular complexity index is 856. The van der Waals surface area contributed by atoms with Crippen molar-refractivity contribution in [2.24, 2.45) is 0 Å². The number of rotatable bonds is 14. The molecular weight excluding hydrogens is 417 g/mol. The molecule has 0 aliphatic rings. The van der Waals surface area contributed by atoms with Gasteiger partial charge < -0.3 is 18.7 Å². The number of para-hydroxylation sites is 1. The summed E-state index contributed by atoms with van der Waals surface area (Å²) in [7, 11) is -1.71. The first-order chi connectivity index (χ1) is 15.0. The van der Waals surface area contributed by atoms with Crippen molar-refractivity contribution in [3.05, 3.63) is 72.8 Å². The van der Waals surface area contributed by atoms with Gasteiger partial charge in [-0.25, -0.2) is 5.09 Å². The third-order valence-electron chi connectivity index (χ3n) is 4.27. The number of nitrogens with one attached hydrogen (secondary N) is 1. The van der Waals surface area contributed by atoms with Crippen molar-refractivity contribution >= 4 is 13.5 Å². The molecule has 0 fully saturated rings. The van der Waals surface area contributed by atoms with Crippen LogP contribution in [0.25, 0.3) is 0 Å². The van der Waals surface area contributed by atoms with E-state index in [1.807, 2.05) is 30.3 Å². The zero-order chi connectivity index (χ0) is 22.5. The van der Waals surface area contributed by atoms with Crippen LogP contribution >= 0.6 is 7.52 Å². The third-order valence-corrected chi connectivity index (χ3v) is 6.40. The van der Waals surface area contributed by atoms with Crippen molar-refractivity contribution in [1.29, 1.82) is 0 Å². The molecule has 0 radical (unpaired) electrons. The van der Waals surface area contributed by atoms with Crippen LogP contribution in [0.5, 0.6) is 11.5 Å². The fourth-order valence-electron chi connectivity index (χ4n) is 2.64. The standard InChI is InChI=1S/C23H30NO6P/c1-4-5-17-31(26,30-22-9-7-6-8-10-22)24-19(2)23(25)29-16-15-28-18-20-11-13-21(27-3)14-12-20/h4,6-14,19H,1,5,15-18H2,2-3H3,(H,24,26)/t19-,31?/m0/s1. The van der Waals surface area contributed by atoms with Crippen LogP contribution in [0.3, 0.4) is 0 Å². The molecular formula is C23H30NO6P. The van der Waals surface area contributed by atoms with E-state index in [9.17, 15) is 9.36 Å². The number of benzene rings is 2. The molecule has 2 aromatic carbocycles. The Balaban J connectivity index is 1.77. The quantitative estimate of drug-likeness (QED) is 0.196. The summed E-state index contributed by atoms with van der Waals surface area (Å²) in [5, 5.41) is 2.81. The van der Waals surface area contributed by atoms with E-state index in [1.54, 1.807) is 44.4 Å². The third kappa shape index (κ3) is 8.97. The average Bonchev–Trinajstić information content (AvgIpc) is 2.78. The molecule has 0 amide bonds. The largest absolute Gasteiger partial charge is 0.497 e. The van der Waals surface area contributed by atoms with Crippen LogP contribution in [0.4, 0.5) is 0 Å². The van der Waals surface area contributed by atoms with E-state index in [2.05, 4.69) is 11.7 Å². The highest BCUT2D eigenvalue weighted by atomic mass is 31.2. The predicted molar refractivity (Wildman–Crippen MR) is 121 cm³/mol. The summed E-state index contributed by atoms with van der Waals surface area (Å²) in [5.41, 5.74) is 0.989. The van der Waals surface area contributed by atoms with Crippen LogP contribution in [-0.4, -0.2) is 38.5 Å². The SMILES string of the molecule is C=CCCP(=O)(N[C@@H](C)C(=O)OCCOCc1ccc(OC)cc1)Oc1ccccc1. The second-order valence-electron chi connectivity index (χ2n) is 6.80. The van der Waals surface area contributed by atoms with E-state index >= 15 is 0 Å². The number of carbonyl (C=O) groups excluding carboxylic acids is 1. The second-order valence-corrected chi connectivity index (χ2v) is 9.03. The van der Waals surface area contributed by atoms with Gasteiger partial charge in [0.25, 0.3) is 0 Å². The normalized spacial score (nSPS) is 13.6. The minimum Gasteiger partial charge on any atom is -0.497 e. The van der Waals surface area contributed by atoms with Crippen molar-refractivity contribution in [2.45, 2.75) is 26.0 Å². The molecule has 0 aliphatic carbocycles. The summed E-state index contributed by atoms with van der Waals surface area (Å²) in [6.45, 7) is 5.99. The smallest absolute Gasteiger partial charge is 0.323 e. The van der Waals surface area contributed by atoms with Gasteiger partial charge in [-0.2, -0.15) is 0 Å². The molecule has 0 saturated heterocycles. The van der Waals surface area contributed by atoms with Gasteiger partial charge in [0.15, 0.2) is 0 Å². The zero-order valence-corrected chi connectivity index (χ0v) is 18.9. The van der Waals surface area contributed by atoms with Crippen molar-refractivity contribution in [3.63, 3.8) is 0 Å². The minimum absolute atomic E-state index is 0.0948. The van der Waals surface area contributed by atoms with E-state index < -0.39 is 19.5 Å². The van der Waals surface area contributed by atoms with E-state index in [1.165, 1.54) is 0 Å². The van der Waals surface area contributed by atoms with Crippen molar-refractivity contribution in [3.8, 4) is 11.5 Å². The van der Waals surface area contributed by atoms with Crippen molar-refractivity contribution < 1.29 is 28.1 Å². The van der Waals surface area contributed by atoms with E-state index in [4.69, 9.17) is 18.7 Å². The van der Waals surface area contributed by atoms with Gasteiger partial charge in [0.2, 0.25) is 0 Å². The molecule has 0 saturated carbocycles. The Morgan fingerprint density at radius 1 is 1.10 bits per heavy atom. The summed E-state index contributed by atoms with van der Waals surface area (Å²) in [6, 6.07) is 15.6. The Morgan fingerprint density at radius 3 is 2.45 bits per heavy atom. The lowest BCUT2D eigenvalue weighted by Crippen LogP contribution is -2.35. The first-order valence-corrected chi connectivity index (χ1v) is 11.9. The monoisotopic (exact) mass is 447 g/mol. The van der Waals surface area contributed by atoms with Gasteiger partial charge in [-0.1, -0.05) is 36.4 Å². The minimum atomic E-state index is -3.32. The molecule has 2 rings (SSSR count). The highest BCUT2D eigenvalue weighted by molar-refractivity contribution is 7.57. The van der Waals surface area contributed by atoms with Gasteiger partial charge in [0.1, 0.15) is 24.1 Å². The number of esters is 1. The van der Waals surface area contributed by atoms with E-state index in [0.717, 1.165) is 11.3 Å². The van der Waals surface area contributed by atoms with E-state index in [0.29, 0.717) is 18.8 Å². The van der Waals surface area contributed by atoms with Crippen LogP contribution < -0.4 is 14.3 Å². The summed E-state index contributed by atoms with van der Waals surface area (Å²) in [6.07, 6.45) is 2.36. The van der Waals surface area contributed by atoms with Gasteiger partial charge in [-0.05, 0) is 43.2 Å². The first-order valence-electron chi connectivity index (χ1n) is 10.1. The van der Waals surface area contributed by atoms with Gasteiger partial charge >= 0.3 is 13.5 Å². The van der Waals surface area contributed by atoms with Gasteiger partial charge in [0, 0.05) is 0 Å². The Hall–Kier alpha value is -2.60. The number of hydrogen-bond donors (Lipinski definition) is 1. The highest BCUT2D eigenvalue weighted by Gasteiger charge is 2.29. The fraction of sp³-hybridized carbons (Fsp3) is 0.348. The second kappa shape index (κ2) is 13.0. The van der Waals surface area contributed by atoms with Crippen molar-refractivity contribution in [2.75, 3.05) is 26.5 Å². The van der Waals surface area contributed by atoms with Gasteiger partial charge in [0.05, 0.1) is 26.5 Å². The van der Waals surface area contributed by atoms with Gasteiger partial charge in [-0.15, -0.1) is 6.58 Å². The summed E-state index contributed by atoms with van der Waals surface area (Å²) >= 11 is 0. The zero-order valence-electron chi connectivity index (χ0n) is 18.0. The molecule has 2 aromatic rings. The predicted octanol–water partition coefficient (Wildman–Crippen LogP) is 4.58. The average molecular weight is 447 g/mol. The first kappa shape index (κ1) is 24.7. The Morgan fingerprint density at radius 2 is 1.81 bits per heavy atom. The van der Waals surface area contributed by atoms with E-state index in [-0.39, 0.29) is 19.4 Å². The van der Waals surface area contributed by atoms with Crippen LogP contribution in [0.2, 0.25) is 0 Å². The lowest BCUT2D eigenvalue weighted by molar-refractivity contribution is -0.146. The molecule has 8 heteroatoms. The molecule has 168 valence electrons. The van der Waals surface area contributed by atoms with Crippen LogP contribution in [0.15, 0.2) is 67.3 Å². The molecule has 0 spiro atoms. The molecule has 1 unspecified atom stereocenters. The van der Waals surface area contributed by atoms with Crippen LogP contribution in [0, 0.1) is 0 Å². The maximum absolute atomic E-state index is 13.2. The lowest BCUT2D eigenvalue weighted by atomic mass is 10.2. The molecule has 31 heavy (non-hydrogen) atoms. The maximum atomic E-state index is 13.2. The Kier molecular flexibility index (Phi) is 10.3. The highest BCUT2D eigenvalue weighted by Crippen LogP contribution is 2.44. The lowest BCUT2D eigenvalue weighted by Gasteiger charge is -2.23. The number of hydrogen-bond acceptors (Lipinski definition) is 6. The fourth-order valence-corrected chi connectivity index (χ4v) is 4.59. The van der Waals surface area contributed by atoms with Crippen LogP contribution in [0.1, 0.15) is 18.9 Å². The molecule has 0 heterocycles. The maximum Gasteiger partial charge on any atom is 0.323 e. The van der Waals surface area contributed by atoms with Crippen LogP contribution in [-0.2, 0) is 25.4 Å². The summed E-state index contributed by atoms with van der Waals surface area (Å²) < 4.78 is 34.8. The van der Waals surface area contributed by atoms with Crippen molar-refractivity contribution in [1.82, 2.24) is 5.09 Å². The molecule has 2 atom stereocenters. The molecule has 1 N–H and O–H groups in total. The Labute approximate surface area is 183 Å². The summed E-state index contributed by atoms with van der Waals surface area (Å²) in [4.78, 5) is 12.3. The number of methoxy groups -OCH3 is 1. The number of ether oxygens (including phenoxy) is 3. The molecule has 0 aromatic heterocycles. The topological polar surface area (TPSA) is 83.1 Å². The number of carbonyl (C=O) groups is 1. The molecule has 7 nitrogen and oxygen atoms in total. The summed E-state index contributed by atoms with van der Waals surface area (Å²) in [5.74, 6) is 0.722. The van der Waals surface area contributed by atoms with Gasteiger partial charge in [-0.3, -0.25) is 9.36 Å².